The first kappa shape index (κ1) is 23.6. The zero-order chi connectivity index (χ0) is 25.3. The fraction of sp³-hybridized carbons (Fsp3) is 0.0417. The first-order valence-corrected chi connectivity index (χ1v) is 13.1. The maximum absolute atomic E-state index is 13.1. The number of H-pyrrole nitrogens is 2. The number of carbonyl (C=O) groups is 1. The number of benzene rings is 3. The molecule has 10 nitrogen and oxygen atoms in total. The second kappa shape index (κ2) is 9.47. The van der Waals surface area contributed by atoms with Crippen molar-refractivity contribution in [2.24, 2.45) is 0 Å². The number of carbonyl (C=O) groups excluding carboxylic acids is 1. The summed E-state index contributed by atoms with van der Waals surface area (Å²) >= 11 is 3.36. The largest absolute Gasteiger partial charge is 0.439 e. The van der Waals surface area contributed by atoms with Crippen molar-refractivity contribution < 1.29 is 17.7 Å². The number of halogens is 1. The second-order valence-electron chi connectivity index (χ2n) is 7.89. The number of amides is 1. The lowest BCUT2D eigenvalue weighted by Crippen LogP contribution is -2.15. The van der Waals surface area contributed by atoms with E-state index in [4.69, 9.17) is 0 Å². The molecule has 0 radical (unpaired) electrons. The Balaban J connectivity index is 1.42. The summed E-state index contributed by atoms with van der Waals surface area (Å²) in [5.41, 5.74) is 2.48. The van der Waals surface area contributed by atoms with Gasteiger partial charge in [-0.2, -0.15) is 0 Å². The molecular weight excluding hydrogens is 550 g/mol. The van der Waals surface area contributed by atoms with Crippen LogP contribution in [-0.4, -0.2) is 29.4 Å². The van der Waals surface area contributed by atoms with Crippen LogP contribution in [0, 0.1) is 0 Å². The third-order valence-corrected chi connectivity index (χ3v) is 7.03. The smallest absolute Gasteiger partial charge is 0.349 e. The summed E-state index contributed by atoms with van der Waals surface area (Å²) in [5.74, 6) is -1.23. The molecule has 4 N–H and O–H groups in total. The number of fused-ring (bicyclic) bond motifs is 1. The number of hydrogen-bond acceptors (Lipinski definition) is 6. The van der Waals surface area contributed by atoms with Gasteiger partial charge in [0.05, 0.1) is 22.6 Å². The number of nitrogens with one attached hydrogen (secondary N) is 4. The van der Waals surface area contributed by atoms with Crippen molar-refractivity contribution in [3.63, 3.8) is 0 Å². The van der Waals surface area contributed by atoms with Gasteiger partial charge in [0.25, 0.3) is 5.91 Å². The number of hydrogen-bond donors (Lipinski definition) is 4. The number of aromatic nitrogens is 3. The number of nitrogens with zero attached hydrogens (tertiary/aromatic N) is 1. The average molecular weight is 568 g/mol. The Labute approximate surface area is 212 Å². The van der Waals surface area contributed by atoms with E-state index in [2.05, 4.69) is 45.6 Å². The maximum atomic E-state index is 13.1. The number of rotatable bonds is 7. The maximum Gasteiger partial charge on any atom is 0.439 e. The highest BCUT2D eigenvalue weighted by molar-refractivity contribution is 9.10. The van der Waals surface area contributed by atoms with E-state index < -0.39 is 21.7 Å². The molecule has 2 heterocycles. The Morgan fingerprint density at radius 2 is 1.78 bits per heavy atom. The van der Waals surface area contributed by atoms with E-state index >= 15 is 0 Å². The van der Waals surface area contributed by atoms with Gasteiger partial charge in [0.2, 0.25) is 10.0 Å². The summed E-state index contributed by atoms with van der Waals surface area (Å²) in [6.07, 6.45) is 0. The van der Waals surface area contributed by atoms with Gasteiger partial charge in [0, 0.05) is 15.4 Å². The normalized spacial score (nSPS) is 11.5. The molecule has 3 aromatic carbocycles. The summed E-state index contributed by atoms with van der Waals surface area (Å²) in [4.78, 5) is 30.0. The van der Waals surface area contributed by atoms with Crippen LogP contribution in [0.3, 0.4) is 0 Å². The van der Waals surface area contributed by atoms with E-state index in [1.807, 2.05) is 6.07 Å². The summed E-state index contributed by atoms with van der Waals surface area (Å²) in [6.45, 7) is 0. The van der Waals surface area contributed by atoms with Gasteiger partial charge in [-0.25, -0.2) is 13.2 Å². The highest BCUT2D eigenvalue weighted by atomic mass is 79.9. The molecule has 5 aromatic rings. The molecule has 182 valence electrons. The van der Waals surface area contributed by atoms with Crippen LogP contribution in [0.5, 0.6) is 0 Å². The molecule has 2 aromatic heterocycles. The fourth-order valence-electron chi connectivity index (χ4n) is 3.72. The Morgan fingerprint density at radius 3 is 2.53 bits per heavy atom. The van der Waals surface area contributed by atoms with E-state index in [0.717, 1.165) is 0 Å². The lowest BCUT2D eigenvalue weighted by Gasteiger charge is -2.10. The van der Waals surface area contributed by atoms with Gasteiger partial charge in [-0.05, 0) is 35.9 Å². The first-order valence-electron chi connectivity index (χ1n) is 10.6. The molecule has 0 atom stereocenters. The van der Waals surface area contributed by atoms with Crippen molar-refractivity contribution in [2.75, 3.05) is 10.0 Å². The molecule has 5 rings (SSSR count). The van der Waals surface area contributed by atoms with Gasteiger partial charge in [-0.1, -0.05) is 63.6 Å². The number of para-hydroxylation sites is 1. The quantitative estimate of drug-likeness (QED) is 0.228. The molecule has 36 heavy (non-hydrogen) atoms. The van der Waals surface area contributed by atoms with Crippen LogP contribution in [0.15, 0.2) is 86.6 Å². The lowest BCUT2D eigenvalue weighted by atomic mass is 10.1. The van der Waals surface area contributed by atoms with Crippen molar-refractivity contribution in [1.82, 2.24) is 15.1 Å². The van der Waals surface area contributed by atoms with Crippen LogP contribution in [0.2, 0.25) is 0 Å². The van der Waals surface area contributed by atoms with Gasteiger partial charge >= 0.3 is 5.76 Å². The molecule has 0 spiro atoms. The number of aromatic amines is 2. The predicted molar refractivity (Wildman–Crippen MR) is 139 cm³/mol. The third-order valence-electron chi connectivity index (χ3n) is 5.29. The Bertz CT molecular complexity index is 1740. The number of anilines is 2. The van der Waals surface area contributed by atoms with Gasteiger partial charge in [-0.3, -0.25) is 19.0 Å². The number of sulfonamides is 1. The molecule has 0 bridgehead atoms. The van der Waals surface area contributed by atoms with Crippen LogP contribution in [0.1, 0.15) is 16.1 Å². The van der Waals surface area contributed by atoms with Gasteiger partial charge in [0.1, 0.15) is 5.69 Å². The summed E-state index contributed by atoms with van der Waals surface area (Å²) in [5, 5.41) is 7.13. The zero-order valence-corrected chi connectivity index (χ0v) is 20.8. The van der Waals surface area contributed by atoms with E-state index in [-0.39, 0.29) is 17.3 Å². The fourth-order valence-corrected chi connectivity index (χ4v) is 5.29. The van der Waals surface area contributed by atoms with Gasteiger partial charge in [0.15, 0.2) is 5.82 Å². The molecule has 0 saturated heterocycles. The van der Waals surface area contributed by atoms with Gasteiger partial charge in [-0.15, -0.1) is 0 Å². The van der Waals surface area contributed by atoms with Crippen LogP contribution in [0.4, 0.5) is 11.4 Å². The predicted octanol–water partition coefficient (Wildman–Crippen LogP) is 4.47. The Morgan fingerprint density at radius 1 is 0.972 bits per heavy atom. The van der Waals surface area contributed by atoms with Crippen molar-refractivity contribution in [1.29, 1.82) is 0 Å². The lowest BCUT2D eigenvalue weighted by molar-refractivity contribution is 0.102. The Hall–Kier alpha value is -4.16. The van der Waals surface area contributed by atoms with E-state index in [1.165, 1.54) is 0 Å². The van der Waals surface area contributed by atoms with Crippen molar-refractivity contribution in [2.45, 2.75) is 5.75 Å². The minimum Gasteiger partial charge on any atom is -0.349 e. The van der Waals surface area contributed by atoms with Crippen molar-refractivity contribution in [3.8, 4) is 11.4 Å². The van der Waals surface area contributed by atoms with Crippen molar-refractivity contribution >= 4 is 54.1 Å². The third kappa shape index (κ3) is 5.09. The molecule has 0 unspecified atom stereocenters. The molecule has 0 aliphatic rings. The standard InChI is InChI=1S/C24H18BrN5O5S/c25-16-9-10-18(17(12-16)22-28-24(32)35-29-22)27-23(31)20-11-15-7-4-8-19(21(15)26-20)30-36(33,34)13-14-5-2-1-3-6-14/h1-12,26,30H,13H2,(H,27,31)(H,28,29,32). The topological polar surface area (TPSA) is 150 Å². The van der Waals surface area contributed by atoms with Crippen LogP contribution in [0.25, 0.3) is 22.3 Å². The average Bonchev–Trinajstić information content (AvgIpc) is 3.47. The highest BCUT2D eigenvalue weighted by Crippen LogP contribution is 2.30. The highest BCUT2D eigenvalue weighted by Gasteiger charge is 2.18. The molecule has 0 aliphatic carbocycles. The summed E-state index contributed by atoms with van der Waals surface area (Å²) in [6, 6.07) is 20.6. The SMILES string of the molecule is O=C(Nc1ccc(Br)cc1-c1noc(=O)[nH]1)c1cc2cccc(NS(=O)(=O)Cc3ccccc3)c2[nH]1. The van der Waals surface area contributed by atoms with Crippen LogP contribution < -0.4 is 15.8 Å². The molecular formula is C24H18BrN5O5S. The molecule has 0 fully saturated rings. The monoisotopic (exact) mass is 567 g/mol. The molecule has 1 amide bonds. The molecule has 0 aliphatic heterocycles. The van der Waals surface area contributed by atoms with Crippen LogP contribution in [-0.2, 0) is 15.8 Å². The van der Waals surface area contributed by atoms with E-state index in [0.29, 0.717) is 37.9 Å². The van der Waals surface area contributed by atoms with Crippen LogP contribution >= 0.6 is 15.9 Å². The minimum atomic E-state index is -3.70. The van der Waals surface area contributed by atoms with E-state index in [1.54, 1.807) is 66.7 Å². The van der Waals surface area contributed by atoms with E-state index in [9.17, 15) is 18.0 Å². The summed E-state index contributed by atoms with van der Waals surface area (Å²) < 4.78 is 33.4. The van der Waals surface area contributed by atoms with Gasteiger partial charge < -0.3 is 10.3 Å². The first-order chi connectivity index (χ1) is 17.3. The Kier molecular flexibility index (Phi) is 6.20. The van der Waals surface area contributed by atoms with Crippen molar-refractivity contribution in [3.05, 3.63) is 99.1 Å². The second-order valence-corrected chi connectivity index (χ2v) is 10.5. The summed E-state index contributed by atoms with van der Waals surface area (Å²) in [7, 11) is -3.70. The molecule has 12 heteroatoms. The molecule has 0 saturated carbocycles. The zero-order valence-electron chi connectivity index (χ0n) is 18.4. The minimum absolute atomic E-state index is 0.156.